The highest BCUT2D eigenvalue weighted by molar-refractivity contribution is 7.19. The van der Waals surface area contributed by atoms with Crippen LogP contribution in [0, 0.1) is 0 Å². The Hall–Kier alpha value is -3.28. The molecule has 4 rings (SSSR count). The highest BCUT2D eigenvalue weighted by Gasteiger charge is 2.17. The van der Waals surface area contributed by atoms with Crippen molar-refractivity contribution in [2.24, 2.45) is 0 Å². The average Bonchev–Trinajstić information content (AvgIpc) is 3.23. The van der Waals surface area contributed by atoms with Crippen molar-refractivity contribution in [1.82, 2.24) is 4.98 Å². The number of thiazole rings is 1. The molecule has 0 unspecified atom stereocenters. The summed E-state index contributed by atoms with van der Waals surface area (Å²) in [4.78, 5) is 18.2. The molecule has 1 aromatic heterocycles. The molecular formula is C25H22N2O2S. The third kappa shape index (κ3) is 4.82. The summed E-state index contributed by atoms with van der Waals surface area (Å²) >= 11 is 1.46. The number of aliphatic hydroxyl groups is 1. The third-order valence-electron chi connectivity index (χ3n) is 4.79. The maximum Gasteiger partial charge on any atom is 0.226 e. The molecule has 0 radical (unpaired) electrons. The van der Waals surface area contributed by atoms with E-state index in [4.69, 9.17) is 4.98 Å². The molecule has 0 spiro atoms. The number of hydrogen-bond donors (Lipinski definition) is 2. The monoisotopic (exact) mass is 414 g/mol. The van der Waals surface area contributed by atoms with Crippen LogP contribution in [0.2, 0.25) is 0 Å². The van der Waals surface area contributed by atoms with Gasteiger partial charge in [-0.25, -0.2) is 4.98 Å². The van der Waals surface area contributed by atoms with Gasteiger partial charge in [-0.3, -0.25) is 4.79 Å². The molecule has 2 N–H and O–H groups in total. The second-order valence-corrected chi connectivity index (χ2v) is 7.94. The van der Waals surface area contributed by atoms with E-state index in [1.165, 1.54) is 11.3 Å². The molecule has 0 aliphatic rings. The van der Waals surface area contributed by atoms with Crippen LogP contribution in [0.15, 0.2) is 91.0 Å². The number of hydrogen-bond acceptors (Lipinski definition) is 4. The van der Waals surface area contributed by atoms with E-state index in [2.05, 4.69) is 5.32 Å². The van der Waals surface area contributed by atoms with Gasteiger partial charge in [-0.15, -0.1) is 0 Å². The van der Waals surface area contributed by atoms with Crippen molar-refractivity contribution in [2.75, 3.05) is 5.32 Å². The predicted octanol–water partition coefficient (Wildman–Crippen LogP) is 5.93. The van der Waals surface area contributed by atoms with E-state index < -0.39 is 6.10 Å². The van der Waals surface area contributed by atoms with Crippen molar-refractivity contribution in [3.8, 4) is 21.7 Å². The molecule has 1 heterocycles. The van der Waals surface area contributed by atoms with E-state index >= 15 is 0 Å². The molecule has 4 nitrogen and oxygen atoms in total. The Morgan fingerprint density at radius 3 is 2.07 bits per heavy atom. The maximum absolute atomic E-state index is 12.5. The van der Waals surface area contributed by atoms with Gasteiger partial charge in [-0.1, -0.05) is 102 Å². The zero-order valence-electron chi connectivity index (χ0n) is 16.4. The van der Waals surface area contributed by atoms with Crippen LogP contribution >= 0.6 is 11.3 Å². The van der Waals surface area contributed by atoms with Crippen LogP contribution in [0.5, 0.6) is 0 Å². The molecule has 0 saturated carbocycles. The van der Waals surface area contributed by atoms with Crippen LogP contribution in [0.4, 0.5) is 5.13 Å². The van der Waals surface area contributed by atoms with Crippen LogP contribution < -0.4 is 5.32 Å². The summed E-state index contributed by atoms with van der Waals surface area (Å²) < 4.78 is 0. The fraction of sp³-hybridized carbons (Fsp3) is 0.120. The van der Waals surface area contributed by atoms with E-state index in [0.717, 1.165) is 27.3 Å². The van der Waals surface area contributed by atoms with Gasteiger partial charge in [0, 0.05) is 12.0 Å². The zero-order chi connectivity index (χ0) is 20.8. The first-order valence-electron chi connectivity index (χ1n) is 9.85. The number of carbonyl (C=O) groups is 1. The number of nitrogens with one attached hydrogen (secondary N) is 1. The highest BCUT2D eigenvalue weighted by Crippen LogP contribution is 2.39. The van der Waals surface area contributed by atoms with Gasteiger partial charge >= 0.3 is 0 Å². The minimum absolute atomic E-state index is 0.155. The number of carbonyl (C=O) groups excluding carboxylic acids is 1. The molecule has 5 heteroatoms. The molecule has 0 bridgehead atoms. The number of aliphatic hydroxyl groups excluding tert-OH is 1. The quantitative estimate of drug-likeness (QED) is 0.394. The number of aromatic nitrogens is 1. The highest BCUT2D eigenvalue weighted by atomic mass is 32.1. The Bertz CT molecular complexity index is 1040. The maximum atomic E-state index is 12.5. The molecule has 3 aromatic carbocycles. The second kappa shape index (κ2) is 9.48. The lowest BCUT2D eigenvalue weighted by Crippen LogP contribution is -2.12. The van der Waals surface area contributed by atoms with Crippen molar-refractivity contribution in [3.05, 3.63) is 96.6 Å². The number of benzene rings is 3. The largest absolute Gasteiger partial charge is 0.388 e. The number of anilines is 1. The van der Waals surface area contributed by atoms with Crippen molar-refractivity contribution in [2.45, 2.75) is 18.9 Å². The smallest absolute Gasteiger partial charge is 0.226 e. The van der Waals surface area contributed by atoms with Crippen molar-refractivity contribution in [3.63, 3.8) is 0 Å². The summed E-state index contributed by atoms with van der Waals surface area (Å²) in [5.74, 6) is -0.155. The fourth-order valence-electron chi connectivity index (χ4n) is 3.24. The van der Waals surface area contributed by atoms with Crippen LogP contribution in [0.25, 0.3) is 21.7 Å². The van der Waals surface area contributed by atoms with Crippen LogP contribution in [0.1, 0.15) is 24.5 Å². The number of nitrogens with zero attached hydrogens (tertiary/aromatic N) is 1. The molecule has 1 atom stereocenters. The lowest BCUT2D eigenvalue weighted by molar-refractivity contribution is -0.116. The Morgan fingerprint density at radius 1 is 0.867 bits per heavy atom. The van der Waals surface area contributed by atoms with Crippen LogP contribution in [-0.4, -0.2) is 16.0 Å². The fourth-order valence-corrected chi connectivity index (χ4v) is 4.25. The molecule has 0 aliphatic heterocycles. The van der Waals surface area contributed by atoms with Crippen molar-refractivity contribution >= 4 is 22.4 Å². The van der Waals surface area contributed by atoms with Crippen LogP contribution in [-0.2, 0) is 4.79 Å². The molecule has 0 saturated heterocycles. The van der Waals surface area contributed by atoms with Gasteiger partial charge in [-0.2, -0.15) is 0 Å². The van der Waals surface area contributed by atoms with Gasteiger partial charge in [0.05, 0.1) is 16.7 Å². The van der Waals surface area contributed by atoms with Gasteiger partial charge in [0.2, 0.25) is 5.91 Å². The van der Waals surface area contributed by atoms with Crippen molar-refractivity contribution in [1.29, 1.82) is 0 Å². The van der Waals surface area contributed by atoms with E-state index in [9.17, 15) is 9.90 Å². The van der Waals surface area contributed by atoms with Gasteiger partial charge in [0.15, 0.2) is 5.13 Å². The van der Waals surface area contributed by atoms with Gasteiger partial charge in [-0.05, 0) is 17.5 Å². The second-order valence-electron chi connectivity index (χ2n) is 6.94. The zero-order valence-corrected chi connectivity index (χ0v) is 17.2. The van der Waals surface area contributed by atoms with Crippen molar-refractivity contribution < 1.29 is 9.90 Å². The molecule has 1 amide bonds. The molecular weight excluding hydrogens is 392 g/mol. The first-order valence-corrected chi connectivity index (χ1v) is 10.7. The predicted molar refractivity (Wildman–Crippen MR) is 122 cm³/mol. The Balaban J connectivity index is 1.50. The Labute approximate surface area is 179 Å². The Kier molecular flexibility index (Phi) is 6.32. The minimum atomic E-state index is -0.659. The first-order chi connectivity index (χ1) is 14.7. The van der Waals surface area contributed by atoms with E-state index in [1.807, 2.05) is 91.0 Å². The number of rotatable bonds is 7. The molecule has 4 aromatic rings. The SMILES string of the molecule is O=C(CC[C@H](O)c1ccccc1)Nc1nc(-c2ccccc2)c(-c2ccccc2)s1. The molecule has 30 heavy (non-hydrogen) atoms. The lowest BCUT2D eigenvalue weighted by atomic mass is 10.1. The summed E-state index contributed by atoms with van der Waals surface area (Å²) in [6.07, 6.45) is -0.0806. The van der Waals surface area contributed by atoms with E-state index in [1.54, 1.807) is 0 Å². The molecule has 0 aliphatic carbocycles. The summed E-state index contributed by atoms with van der Waals surface area (Å²) in [5, 5.41) is 13.8. The normalized spacial score (nSPS) is 11.8. The topological polar surface area (TPSA) is 62.2 Å². The lowest BCUT2D eigenvalue weighted by Gasteiger charge is -2.10. The van der Waals surface area contributed by atoms with Crippen LogP contribution in [0.3, 0.4) is 0 Å². The van der Waals surface area contributed by atoms with Gasteiger partial charge in [0.25, 0.3) is 0 Å². The first kappa shape index (κ1) is 20.0. The van der Waals surface area contributed by atoms with Gasteiger partial charge in [0.1, 0.15) is 0 Å². The minimum Gasteiger partial charge on any atom is -0.388 e. The van der Waals surface area contributed by atoms with Gasteiger partial charge < -0.3 is 10.4 Å². The third-order valence-corrected chi connectivity index (χ3v) is 5.81. The summed E-state index contributed by atoms with van der Waals surface area (Å²) in [7, 11) is 0. The summed E-state index contributed by atoms with van der Waals surface area (Å²) in [6.45, 7) is 0. The summed E-state index contributed by atoms with van der Waals surface area (Å²) in [5.41, 5.74) is 3.74. The van der Waals surface area contributed by atoms with E-state index in [0.29, 0.717) is 11.6 Å². The standard InChI is InChI=1S/C25H22N2O2S/c28-21(18-10-4-1-5-11-18)16-17-22(29)26-25-27-23(19-12-6-2-7-13-19)24(30-25)20-14-8-3-9-15-20/h1-15,21,28H,16-17H2,(H,26,27,29)/t21-/m0/s1. The average molecular weight is 415 g/mol. The number of amides is 1. The van der Waals surface area contributed by atoms with E-state index in [-0.39, 0.29) is 12.3 Å². The summed E-state index contributed by atoms with van der Waals surface area (Å²) in [6, 6.07) is 29.4. The Morgan fingerprint density at radius 2 is 1.43 bits per heavy atom. The molecule has 0 fully saturated rings. The molecule has 150 valence electrons.